The zero-order valence-electron chi connectivity index (χ0n) is 14.1. The molecule has 4 nitrogen and oxygen atoms in total. The molecule has 0 spiro atoms. The van der Waals surface area contributed by atoms with E-state index in [9.17, 15) is 4.79 Å². The van der Waals surface area contributed by atoms with Crippen molar-refractivity contribution in [3.63, 3.8) is 0 Å². The van der Waals surface area contributed by atoms with E-state index < -0.39 is 0 Å². The quantitative estimate of drug-likeness (QED) is 0.429. The molecule has 0 aliphatic carbocycles. The fraction of sp³-hybridized carbons (Fsp3) is 0.143. The van der Waals surface area contributed by atoms with Gasteiger partial charge in [-0.25, -0.2) is 4.98 Å². The van der Waals surface area contributed by atoms with E-state index in [0.717, 1.165) is 11.1 Å². The summed E-state index contributed by atoms with van der Waals surface area (Å²) >= 11 is 5.63. The summed E-state index contributed by atoms with van der Waals surface area (Å²) < 4.78 is 11.7. The highest BCUT2D eigenvalue weighted by molar-refractivity contribution is 6.30. The fourth-order valence-electron chi connectivity index (χ4n) is 2.34. The summed E-state index contributed by atoms with van der Waals surface area (Å²) in [4.78, 5) is 16.0. The second-order valence-corrected chi connectivity index (χ2v) is 5.89. The Hall–Kier alpha value is -2.85. The molecule has 26 heavy (non-hydrogen) atoms. The summed E-state index contributed by atoms with van der Waals surface area (Å²) in [5, 5.41) is 0. The third-order valence-electron chi connectivity index (χ3n) is 3.71. The predicted octanol–water partition coefficient (Wildman–Crippen LogP) is 4.66. The summed E-state index contributed by atoms with van der Waals surface area (Å²) in [5.41, 5.74) is 2.31. The number of nitrogens with zero attached hydrogens (tertiary/aromatic N) is 1. The Bertz CT molecular complexity index is 854. The van der Waals surface area contributed by atoms with E-state index in [1.165, 1.54) is 6.20 Å². The lowest BCUT2D eigenvalue weighted by Gasteiger charge is -2.13. The Balaban J connectivity index is 1.78. The molecular weight excluding hydrogens is 350 g/mol. The number of ether oxygens (including phenoxy) is 2. The molecule has 0 N–H and O–H groups in total. The van der Waals surface area contributed by atoms with E-state index in [4.69, 9.17) is 21.1 Å². The number of ketones is 1. The van der Waals surface area contributed by atoms with Crippen LogP contribution in [0.15, 0.2) is 72.9 Å². The van der Waals surface area contributed by atoms with Crippen LogP contribution in [0.1, 0.15) is 21.6 Å². The average Bonchev–Trinajstić information content (AvgIpc) is 2.72. The minimum Gasteiger partial charge on any atom is -0.485 e. The fourth-order valence-corrected chi connectivity index (χ4v) is 2.47. The van der Waals surface area contributed by atoms with Crippen molar-refractivity contribution >= 4 is 17.4 Å². The van der Waals surface area contributed by atoms with Crippen LogP contribution in [0.25, 0.3) is 0 Å². The van der Waals surface area contributed by atoms with Crippen LogP contribution in [-0.4, -0.2) is 16.6 Å². The van der Waals surface area contributed by atoms with Gasteiger partial charge in [-0.05, 0) is 11.1 Å². The van der Waals surface area contributed by atoms with Crippen molar-refractivity contribution in [2.45, 2.75) is 13.2 Å². The van der Waals surface area contributed by atoms with Gasteiger partial charge in [-0.1, -0.05) is 60.7 Å². The van der Waals surface area contributed by atoms with E-state index in [0.29, 0.717) is 24.7 Å². The molecule has 0 atom stereocenters. The van der Waals surface area contributed by atoms with Gasteiger partial charge in [0.15, 0.2) is 17.3 Å². The number of hydrogen-bond acceptors (Lipinski definition) is 4. The van der Waals surface area contributed by atoms with Gasteiger partial charge in [-0.3, -0.25) is 4.79 Å². The van der Waals surface area contributed by atoms with Gasteiger partial charge in [0.2, 0.25) is 0 Å². The standard InChI is InChI=1S/C21H18ClNO3/c22-12-19(24)18-11-20(25-14-16-7-3-1-4-8-16)21(13-23-18)26-15-17-9-5-2-6-10-17/h1-11,13H,12,14-15H2. The first-order valence-electron chi connectivity index (χ1n) is 8.19. The average molecular weight is 368 g/mol. The first kappa shape index (κ1) is 18.0. The number of alkyl halides is 1. The van der Waals surface area contributed by atoms with E-state index in [2.05, 4.69) is 4.98 Å². The van der Waals surface area contributed by atoms with Crippen molar-refractivity contribution in [2.75, 3.05) is 5.88 Å². The van der Waals surface area contributed by atoms with Crippen molar-refractivity contribution in [3.05, 3.63) is 89.7 Å². The summed E-state index contributed by atoms with van der Waals surface area (Å²) in [7, 11) is 0. The van der Waals surface area contributed by atoms with Crippen LogP contribution in [0.4, 0.5) is 0 Å². The van der Waals surface area contributed by atoms with Crippen molar-refractivity contribution < 1.29 is 14.3 Å². The third-order valence-corrected chi connectivity index (χ3v) is 3.96. The van der Waals surface area contributed by atoms with Crippen molar-refractivity contribution in [3.8, 4) is 11.5 Å². The zero-order valence-corrected chi connectivity index (χ0v) is 14.9. The number of carbonyl (C=O) groups is 1. The second-order valence-electron chi connectivity index (χ2n) is 5.62. The number of benzene rings is 2. The second kappa shape index (κ2) is 9.02. The van der Waals surface area contributed by atoms with Gasteiger partial charge in [0.1, 0.15) is 18.9 Å². The van der Waals surface area contributed by atoms with E-state index in [-0.39, 0.29) is 17.4 Å². The van der Waals surface area contributed by atoms with Crippen LogP contribution >= 0.6 is 11.6 Å². The predicted molar refractivity (Wildman–Crippen MR) is 101 cm³/mol. The van der Waals surface area contributed by atoms with Crippen molar-refractivity contribution in [2.24, 2.45) is 0 Å². The topological polar surface area (TPSA) is 48.4 Å². The van der Waals surface area contributed by atoms with Gasteiger partial charge >= 0.3 is 0 Å². The van der Waals surface area contributed by atoms with Gasteiger partial charge in [0.05, 0.1) is 12.1 Å². The van der Waals surface area contributed by atoms with Crippen LogP contribution in [-0.2, 0) is 13.2 Å². The summed E-state index contributed by atoms with van der Waals surface area (Å²) in [6, 6.07) is 21.2. The lowest BCUT2D eigenvalue weighted by Crippen LogP contribution is -2.07. The molecule has 1 aromatic heterocycles. The number of rotatable bonds is 8. The maximum absolute atomic E-state index is 11.8. The van der Waals surface area contributed by atoms with Gasteiger partial charge < -0.3 is 9.47 Å². The highest BCUT2D eigenvalue weighted by Gasteiger charge is 2.13. The molecule has 3 rings (SSSR count). The third kappa shape index (κ3) is 4.83. The Morgan fingerprint density at radius 1 is 0.846 bits per heavy atom. The number of pyridine rings is 1. The maximum atomic E-state index is 11.8. The molecule has 0 aliphatic heterocycles. The number of Topliss-reactive ketones (excluding diaryl/α,β-unsaturated/α-hetero) is 1. The van der Waals surface area contributed by atoms with Gasteiger partial charge in [-0.2, -0.15) is 0 Å². The number of hydrogen-bond donors (Lipinski definition) is 0. The summed E-state index contributed by atoms with van der Waals surface area (Å²) in [6.07, 6.45) is 1.50. The molecule has 0 aliphatic rings. The van der Waals surface area contributed by atoms with E-state index in [1.807, 2.05) is 60.7 Å². The number of carbonyl (C=O) groups excluding carboxylic acids is 1. The monoisotopic (exact) mass is 367 g/mol. The SMILES string of the molecule is O=C(CCl)c1cc(OCc2ccccc2)c(OCc2ccccc2)cn1. The van der Waals surface area contributed by atoms with Crippen LogP contribution in [0, 0.1) is 0 Å². The molecule has 0 unspecified atom stereocenters. The highest BCUT2D eigenvalue weighted by atomic mass is 35.5. The zero-order chi connectivity index (χ0) is 18.2. The molecule has 0 radical (unpaired) electrons. The Kier molecular flexibility index (Phi) is 6.23. The largest absolute Gasteiger partial charge is 0.485 e. The first-order chi connectivity index (χ1) is 12.8. The van der Waals surface area contributed by atoms with Crippen molar-refractivity contribution in [1.29, 1.82) is 0 Å². The smallest absolute Gasteiger partial charge is 0.195 e. The van der Waals surface area contributed by atoms with Crippen molar-refractivity contribution in [1.82, 2.24) is 4.98 Å². The highest BCUT2D eigenvalue weighted by Crippen LogP contribution is 2.29. The van der Waals surface area contributed by atoms with Crippen LogP contribution < -0.4 is 9.47 Å². The van der Waals surface area contributed by atoms with E-state index in [1.54, 1.807) is 6.07 Å². The molecule has 3 aromatic rings. The Morgan fingerprint density at radius 3 is 1.92 bits per heavy atom. The molecule has 0 saturated carbocycles. The lowest BCUT2D eigenvalue weighted by atomic mass is 10.2. The van der Waals surface area contributed by atoms with Gasteiger partial charge in [-0.15, -0.1) is 11.6 Å². The normalized spacial score (nSPS) is 10.3. The molecule has 0 saturated heterocycles. The first-order valence-corrected chi connectivity index (χ1v) is 8.72. The van der Waals surface area contributed by atoms with Gasteiger partial charge in [0, 0.05) is 6.07 Å². The molecular formula is C21H18ClNO3. The maximum Gasteiger partial charge on any atom is 0.195 e. The number of aromatic nitrogens is 1. The van der Waals surface area contributed by atoms with Crippen LogP contribution in [0.3, 0.4) is 0 Å². The molecule has 0 amide bonds. The minimum absolute atomic E-state index is 0.130. The summed E-state index contributed by atoms with van der Waals surface area (Å²) in [5.74, 6) is 0.560. The lowest BCUT2D eigenvalue weighted by molar-refractivity contribution is 0.101. The van der Waals surface area contributed by atoms with Gasteiger partial charge in [0.25, 0.3) is 0 Å². The van der Waals surface area contributed by atoms with E-state index >= 15 is 0 Å². The van der Waals surface area contributed by atoms with Crippen LogP contribution in [0.5, 0.6) is 11.5 Å². The number of halogens is 1. The Labute approximate surface area is 157 Å². The molecule has 0 bridgehead atoms. The molecule has 0 fully saturated rings. The molecule has 1 heterocycles. The minimum atomic E-state index is -0.258. The van der Waals surface area contributed by atoms with Crippen LogP contribution in [0.2, 0.25) is 0 Å². The summed E-state index contributed by atoms with van der Waals surface area (Å²) in [6.45, 7) is 0.744. The molecule has 2 aromatic carbocycles. The molecule has 5 heteroatoms. The molecule has 132 valence electrons. The Morgan fingerprint density at radius 2 is 1.38 bits per heavy atom.